The molecule has 2 rings (SSSR count). The van der Waals surface area contributed by atoms with E-state index in [1.54, 1.807) is 0 Å². The molecule has 16 heavy (non-hydrogen) atoms. The second-order valence-corrected chi connectivity index (χ2v) is 4.52. The maximum Gasteiger partial charge on any atom is 0.344 e. The van der Waals surface area contributed by atoms with Crippen LogP contribution in [-0.4, -0.2) is 36.4 Å². The van der Waals surface area contributed by atoms with Crippen LogP contribution in [0.1, 0.15) is 25.7 Å². The van der Waals surface area contributed by atoms with Crippen LogP contribution in [0.3, 0.4) is 0 Å². The van der Waals surface area contributed by atoms with E-state index in [0.717, 1.165) is 19.3 Å². The number of rotatable bonds is 4. The molecule has 0 aromatic heterocycles. The van der Waals surface area contributed by atoms with E-state index in [-0.39, 0.29) is 6.10 Å². The summed E-state index contributed by atoms with van der Waals surface area (Å²) in [7, 11) is 0. The summed E-state index contributed by atoms with van der Waals surface area (Å²) >= 11 is 0. The fourth-order valence-corrected chi connectivity index (χ4v) is 2.72. The number of hydrogen-bond acceptors (Lipinski definition) is 5. The number of carbonyl (C=O) groups is 2. The predicted molar refractivity (Wildman–Crippen MR) is 53.4 cm³/mol. The highest BCUT2D eigenvalue weighted by Crippen LogP contribution is 2.45. The van der Waals surface area contributed by atoms with E-state index < -0.39 is 25.2 Å². The highest BCUT2D eigenvalue weighted by Gasteiger charge is 2.41. The van der Waals surface area contributed by atoms with Crippen molar-refractivity contribution in [1.29, 1.82) is 0 Å². The number of hydrogen-bond donors (Lipinski definition) is 1. The van der Waals surface area contributed by atoms with Gasteiger partial charge in [0.1, 0.15) is 12.7 Å². The molecule has 2 fully saturated rings. The van der Waals surface area contributed by atoms with Gasteiger partial charge in [-0.3, -0.25) is 0 Å². The van der Waals surface area contributed by atoms with Crippen LogP contribution in [0, 0.1) is 11.8 Å². The van der Waals surface area contributed by atoms with Gasteiger partial charge in [-0.2, -0.15) is 0 Å². The third-order valence-corrected chi connectivity index (χ3v) is 3.44. The molecule has 90 valence electrons. The molecule has 2 bridgehead atoms. The lowest BCUT2D eigenvalue weighted by Gasteiger charge is -2.21. The molecule has 3 atom stereocenters. The Morgan fingerprint density at radius 2 is 2.00 bits per heavy atom. The monoisotopic (exact) mass is 228 g/mol. The average molecular weight is 228 g/mol. The molecule has 0 aromatic carbocycles. The predicted octanol–water partition coefficient (Wildman–Crippen LogP) is 0.254. The Balaban J connectivity index is 1.69. The van der Waals surface area contributed by atoms with Gasteiger partial charge >= 0.3 is 11.9 Å². The minimum absolute atomic E-state index is 0.0130. The van der Waals surface area contributed by atoms with Gasteiger partial charge in [-0.1, -0.05) is 0 Å². The van der Waals surface area contributed by atoms with Crippen LogP contribution in [0.2, 0.25) is 0 Å². The van der Waals surface area contributed by atoms with E-state index in [4.69, 9.17) is 9.84 Å². The number of ether oxygens (including phenoxy) is 2. The summed E-state index contributed by atoms with van der Waals surface area (Å²) in [6.45, 7) is -1.10. The van der Waals surface area contributed by atoms with Crippen molar-refractivity contribution in [3.8, 4) is 0 Å². The maximum absolute atomic E-state index is 11.3. The normalized spacial score (nSPS) is 31.4. The van der Waals surface area contributed by atoms with Crippen LogP contribution in [0.25, 0.3) is 0 Å². The SMILES string of the molecule is O=C(CO)OCC(=O)OC1CC2CCC1C2. The average Bonchev–Trinajstić information content (AvgIpc) is 2.87. The Hall–Kier alpha value is -1.10. The van der Waals surface area contributed by atoms with Crippen LogP contribution in [-0.2, 0) is 19.1 Å². The van der Waals surface area contributed by atoms with Gasteiger partial charge in [-0.15, -0.1) is 0 Å². The molecule has 5 nitrogen and oxygen atoms in total. The number of aliphatic hydroxyl groups excluding tert-OH is 1. The van der Waals surface area contributed by atoms with Crippen molar-refractivity contribution < 1.29 is 24.2 Å². The summed E-state index contributed by atoms with van der Waals surface area (Å²) in [5.41, 5.74) is 0. The van der Waals surface area contributed by atoms with Crippen LogP contribution in [0.15, 0.2) is 0 Å². The molecule has 0 heterocycles. The number of esters is 2. The largest absolute Gasteiger partial charge is 0.460 e. The first kappa shape index (κ1) is 11.4. The second kappa shape index (κ2) is 4.82. The number of fused-ring (bicyclic) bond motifs is 2. The fourth-order valence-electron chi connectivity index (χ4n) is 2.72. The minimum Gasteiger partial charge on any atom is -0.460 e. The molecule has 2 aliphatic carbocycles. The van der Waals surface area contributed by atoms with E-state index >= 15 is 0 Å². The molecule has 0 radical (unpaired) electrons. The lowest BCUT2D eigenvalue weighted by molar-refractivity contribution is -0.165. The minimum atomic E-state index is -0.801. The molecule has 1 N–H and O–H groups in total. The number of aliphatic hydroxyl groups is 1. The van der Waals surface area contributed by atoms with Gasteiger partial charge in [0, 0.05) is 0 Å². The molecule has 0 aliphatic heterocycles. The molecular formula is C11H16O5. The quantitative estimate of drug-likeness (QED) is 0.698. The molecule has 2 aliphatic rings. The van der Waals surface area contributed by atoms with Gasteiger partial charge < -0.3 is 14.6 Å². The van der Waals surface area contributed by atoms with Crippen molar-refractivity contribution in [3.05, 3.63) is 0 Å². The Morgan fingerprint density at radius 3 is 2.56 bits per heavy atom. The van der Waals surface area contributed by atoms with E-state index in [2.05, 4.69) is 4.74 Å². The summed E-state index contributed by atoms with van der Waals surface area (Å²) in [6.07, 6.45) is 4.51. The first-order chi connectivity index (χ1) is 7.69. The van der Waals surface area contributed by atoms with Gasteiger partial charge in [-0.25, -0.2) is 9.59 Å². The summed E-state index contributed by atoms with van der Waals surface area (Å²) in [4.78, 5) is 21.9. The topological polar surface area (TPSA) is 72.8 Å². The van der Waals surface area contributed by atoms with Crippen LogP contribution in [0.5, 0.6) is 0 Å². The summed E-state index contributed by atoms with van der Waals surface area (Å²) in [5, 5.41) is 8.39. The van der Waals surface area contributed by atoms with E-state index in [0.29, 0.717) is 11.8 Å². The molecular weight excluding hydrogens is 212 g/mol. The third-order valence-electron chi connectivity index (χ3n) is 3.44. The summed E-state index contributed by atoms with van der Waals surface area (Å²) < 4.78 is 9.72. The van der Waals surface area contributed by atoms with Gasteiger partial charge in [0.05, 0.1) is 0 Å². The molecule has 5 heteroatoms. The zero-order valence-corrected chi connectivity index (χ0v) is 9.05. The van der Waals surface area contributed by atoms with Crippen molar-refractivity contribution in [2.45, 2.75) is 31.8 Å². The van der Waals surface area contributed by atoms with Gasteiger partial charge in [-0.05, 0) is 37.5 Å². The third kappa shape index (κ3) is 2.52. The number of carbonyl (C=O) groups excluding carboxylic acids is 2. The Labute approximate surface area is 93.7 Å². The zero-order chi connectivity index (χ0) is 11.5. The maximum atomic E-state index is 11.3. The smallest absolute Gasteiger partial charge is 0.344 e. The molecule has 2 saturated carbocycles. The summed E-state index contributed by atoms with van der Waals surface area (Å²) in [6, 6.07) is 0. The van der Waals surface area contributed by atoms with Gasteiger partial charge in [0.25, 0.3) is 0 Å². The lowest BCUT2D eigenvalue weighted by Crippen LogP contribution is -2.27. The van der Waals surface area contributed by atoms with Crippen molar-refractivity contribution in [2.24, 2.45) is 11.8 Å². The molecule has 0 spiro atoms. The van der Waals surface area contributed by atoms with E-state index in [9.17, 15) is 9.59 Å². The molecule has 3 unspecified atom stereocenters. The second-order valence-electron chi connectivity index (χ2n) is 4.52. The first-order valence-corrected chi connectivity index (χ1v) is 5.65. The van der Waals surface area contributed by atoms with Gasteiger partial charge in [0.2, 0.25) is 0 Å². The van der Waals surface area contributed by atoms with Crippen molar-refractivity contribution in [3.63, 3.8) is 0 Å². The van der Waals surface area contributed by atoms with E-state index in [1.165, 1.54) is 6.42 Å². The summed E-state index contributed by atoms with van der Waals surface area (Å²) in [5.74, 6) is -0.102. The highest BCUT2D eigenvalue weighted by atomic mass is 16.6. The molecule has 0 amide bonds. The zero-order valence-electron chi connectivity index (χ0n) is 9.05. The fraction of sp³-hybridized carbons (Fsp3) is 0.818. The Kier molecular flexibility index (Phi) is 3.43. The van der Waals surface area contributed by atoms with Crippen LogP contribution < -0.4 is 0 Å². The lowest BCUT2D eigenvalue weighted by atomic mass is 9.98. The highest BCUT2D eigenvalue weighted by molar-refractivity contribution is 5.76. The Bertz CT molecular complexity index is 288. The van der Waals surface area contributed by atoms with Gasteiger partial charge in [0.15, 0.2) is 6.61 Å². The molecule has 0 saturated heterocycles. The first-order valence-electron chi connectivity index (χ1n) is 5.65. The Morgan fingerprint density at radius 1 is 1.19 bits per heavy atom. The standard InChI is InChI=1S/C11H16O5/c12-5-10(13)15-6-11(14)16-9-4-7-1-2-8(9)3-7/h7-9,12H,1-6H2. The molecule has 0 aromatic rings. The van der Waals surface area contributed by atoms with Crippen LogP contribution >= 0.6 is 0 Å². The van der Waals surface area contributed by atoms with Crippen molar-refractivity contribution in [1.82, 2.24) is 0 Å². The van der Waals surface area contributed by atoms with Crippen molar-refractivity contribution in [2.75, 3.05) is 13.2 Å². The van der Waals surface area contributed by atoms with Crippen LogP contribution in [0.4, 0.5) is 0 Å². The van der Waals surface area contributed by atoms with Crippen molar-refractivity contribution >= 4 is 11.9 Å². The van der Waals surface area contributed by atoms with E-state index in [1.807, 2.05) is 0 Å².